The molecule has 0 aliphatic carbocycles. The number of alkyl carbamates (subject to hydrolysis) is 1. The van der Waals surface area contributed by atoms with E-state index in [-0.39, 0.29) is 12.3 Å². The minimum Gasteiger partial charge on any atom is -0.481 e. The first kappa shape index (κ1) is 25.2. The molecule has 0 bridgehead atoms. The number of carboxylic acid groups (broad SMARTS) is 1. The van der Waals surface area contributed by atoms with Crippen LogP contribution in [0.25, 0.3) is 0 Å². The predicted octanol–water partition coefficient (Wildman–Crippen LogP) is 4.00. The Morgan fingerprint density at radius 3 is 1.85 bits per heavy atom. The highest BCUT2D eigenvalue weighted by Crippen LogP contribution is 2.10. The summed E-state index contributed by atoms with van der Waals surface area (Å²) in [6.45, 7) is 7.56. The number of ether oxygens (including phenoxy) is 1. The molecule has 0 spiro atoms. The van der Waals surface area contributed by atoms with Crippen molar-refractivity contribution in [1.29, 1.82) is 0 Å². The molecule has 0 aromatic heterocycles. The van der Waals surface area contributed by atoms with E-state index >= 15 is 0 Å². The standard InChI is InChI=1S/C20H38N2O5/c1-16(22-19(26)27-20(2,3)4)18(25)21-15-13-11-9-7-5-6-8-10-12-14-17(23)24/h16H,5-15H2,1-4H3,(H,21,25)(H,22,26)(H,23,24)/t16-/m0/s1. The van der Waals surface area contributed by atoms with Crippen molar-refractivity contribution in [3.8, 4) is 0 Å². The Labute approximate surface area is 163 Å². The van der Waals surface area contributed by atoms with E-state index in [4.69, 9.17) is 9.84 Å². The Morgan fingerprint density at radius 1 is 0.889 bits per heavy atom. The average molecular weight is 387 g/mol. The summed E-state index contributed by atoms with van der Waals surface area (Å²) in [6.07, 6.45) is 9.18. The first-order valence-electron chi connectivity index (χ1n) is 10.1. The molecule has 0 aromatic carbocycles. The summed E-state index contributed by atoms with van der Waals surface area (Å²) >= 11 is 0. The van der Waals surface area contributed by atoms with Crippen molar-refractivity contribution in [3.05, 3.63) is 0 Å². The molecule has 158 valence electrons. The Bertz CT molecular complexity index is 446. The number of carboxylic acids is 1. The van der Waals surface area contributed by atoms with Crippen molar-refractivity contribution in [1.82, 2.24) is 10.6 Å². The van der Waals surface area contributed by atoms with Crippen LogP contribution in [0.15, 0.2) is 0 Å². The van der Waals surface area contributed by atoms with Gasteiger partial charge in [-0.2, -0.15) is 0 Å². The van der Waals surface area contributed by atoms with Crippen LogP contribution in [-0.2, 0) is 14.3 Å². The molecule has 7 heteroatoms. The van der Waals surface area contributed by atoms with Crippen LogP contribution in [0.3, 0.4) is 0 Å². The second-order valence-electron chi connectivity index (χ2n) is 7.98. The SMILES string of the molecule is C[C@H](NC(=O)OC(C)(C)C)C(=O)NCCCCCCCCCCCC(=O)O. The monoisotopic (exact) mass is 386 g/mol. The Morgan fingerprint density at radius 2 is 1.37 bits per heavy atom. The number of carbonyl (C=O) groups excluding carboxylic acids is 2. The molecule has 0 aliphatic heterocycles. The van der Waals surface area contributed by atoms with E-state index in [1.54, 1.807) is 27.7 Å². The highest BCUT2D eigenvalue weighted by molar-refractivity contribution is 5.85. The number of unbranched alkanes of at least 4 members (excludes halogenated alkanes) is 8. The molecule has 27 heavy (non-hydrogen) atoms. The van der Waals surface area contributed by atoms with E-state index in [1.807, 2.05) is 0 Å². The smallest absolute Gasteiger partial charge is 0.408 e. The summed E-state index contributed by atoms with van der Waals surface area (Å²) in [5, 5.41) is 13.9. The van der Waals surface area contributed by atoms with Crippen LogP contribution in [0.2, 0.25) is 0 Å². The molecular weight excluding hydrogens is 348 g/mol. The third-order valence-corrected chi connectivity index (χ3v) is 3.99. The number of hydrogen-bond donors (Lipinski definition) is 3. The highest BCUT2D eigenvalue weighted by Gasteiger charge is 2.20. The minimum atomic E-state index is -0.711. The number of rotatable bonds is 14. The van der Waals surface area contributed by atoms with Gasteiger partial charge in [-0.15, -0.1) is 0 Å². The maximum Gasteiger partial charge on any atom is 0.408 e. The number of aliphatic carboxylic acids is 1. The normalized spacial score (nSPS) is 12.3. The van der Waals surface area contributed by atoms with Crippen molar-refractivity contribution in [2.75, 3.05) is 6.54 Å². The third kappa shape index (κ3) is 17.4. The lowest BCUT2D eigenvalue weighted by Crippen LogP contribution is -2.46. The van der Waals surface area contributed by atoms with Gasteiger partial charge in [0.15, 0.2) is 0 Å². The van der Waals surface area contributed by atoms with Crippen molar-refractivity contribution in [2.45, 2.75) is 104 Å². The van der Waals surface area contributed by atoms with Crippen LogP contribution in [0, 0.1) is 0 Å². The highest BCUT2D eigenvalue weighted by atomic mass is 16.6. The molecule has 3 N–H and O–H groups in total. The molecule has 2 amide bonds. The summed E-state index contributed by atoms with van der Waals surface area (Å²) < 4.78 is 5.12. The molecule has 0 fully saturated rings. The lowest BCUT2D eigenvalue weighted by Gasteiger charge is -2.21. The fourth-order valence-electron chi connectivity index (χ4n) is 2.55. The number of amides is 2. The van der Waals surface area contributed by atoms with Gasteiger partial charge in [0, 0.05) is 13.0 Å². The van der Waals surface area contributed by atoms with Crippen molar-refractivity contribution >= 4 is 18.0 Å². The van der Waals surface area contributed by atoms with Crippen LogP contribution in [0.5, 0.6) is 0 Å². The van der Waals surface area contributed by atoms with Gasteiger partial charge in [-0.05, 0) is 40.5 Å². The molecule has 0 rings (SSSR count). The Balaban J connectivity index is 3.52. The van der Waals surface area contributed by atoms with E-state index in [0.717, 1.165) is 44.9 Å². The average Bonchev–Trinajstić information content (AvgIpc) is 2.53. The molecule has 0 unspecified atom stereocenters. The maximum absolute atomic E-state index is 11.9. The van der Waals surface area contributed by atoms with Crippen molar-refractivity contribution in [2.24, 2.45) is 0 Å². The zero-order valence-electron chi connectivity index (χ0n) is 17.4. The summed E-state index contributed by atoms with van der Waals surface area (Å²) in [5.74, 6) is -0.917. The fourth-order valence-corrected chi connectivity index (χ4v) is 2.55. The van der Waals surface area contributed by atoms with Gasteiger partial charge in [0.1, 0.15) is 11.6 Å². The molecule has 0 heterocycles. The van der Waals surface area contributed by atoms with Gasteiger partial charge in [-0.3, -0.25) is 9.59 Å². The van der Waals surface area contributed by atoms with Crippen LogP contribution in [-0.4, -0.2) is 41.3 Å². The first-order chi connectivity index (χ1) is 12.6. The molecule has 0 aromatic rings. The fraction of sp³-hybridized carbons (Fsp3) is 0.850. The largest absolute Gasteiger partial charge is 0.481 e. The predicted molar refractivity (Wildman–Crippen MR) is 106 cm³/mol. The van der Waals surface area contributed by atoms with E-state index < -0.39 is 23.7 Å². The van der Waals surface area contributed by atoms with Crippen LogP contribution in [0.4, 0.5) is 4.79 Å². The van der Waals surface area contributed by atoms with Gasteiger partial charge < -0.3 is 20.5 Å². The Kier molecular flexibility index (Phi) is 13.3. The van der Waals surface area contributed by atoms with Crippen molar-refractivity contribution in [3.63, 3.8) is 0 Å². The molecular formula is C20H38N2O5. The zero-order chi connectivity index (χ0) is 20.7. The number of nitrogens with one attached hydrogen (secondary N) is 2. The second-order valence-corrected chi connectivity index (χ2v) is 7.98. The van der Waals surface area contributed by atoms with Gasteiger partial charge in [0.05, 0.1) is 0 Å². The second kappa shape index (κ2) is 14.3. The van der Waals surface area contributed by atoms with E-state index in [0.29, 0.717) is 6.54 Å². The number of hydrogen-bond acceptors (Lipinski definition) is 4. The molecule has 1 atom stereocenters. The van der Waals surface area contributed by atoms with Gasteiger partial charge in [-0.25, -0.2) is 4.79 Å². The van der Waals surface area contributed by atoms with Crippen LogP contribution < -0.4 is 10.6 Å². The van der Waals surface area contributed by atoms with Crippen LogP contribution in [0.1, 0.15) is 91.9 Å². The zero-order valence-corrected chi connectivity index (χ0v) is 17.4. The summed E-state index contributed by atoms with van der Waals surface area (Å²) in [7, 11) is 0. The van der Waals surface area contributed by atoms with Gasteiger partial charge in [0.25, 0.3) is 0 Å². The van der Waals surface area contributed by atoms with Crippen LogP contribution >= 0.6 is 0 Å². The van der Waals surface area contributed by atoms with E-state index in [1.165, 1.54) is 12.8 Å². The maximum atomic E-state index is 11.9. The summed E-state index contributed by atoms with van der Waals surface area (Å²) in [6, 6.07) is -0.624. The minimum absolute atomic E-state index is 0.206. The molecule has 0 radical (unpaired) electrons. The summed E-state index contributed by atoms with van der Waals surface area (Å²) in [5.41, 5.74) is -0.585. The van der Waals surface area contributed by atoms with E-state index in [9.17, 15) is 14.4 Å². The lowest BCUT2D eigenvalue weighted by atomic mass is 10.1. The molecule has 0 saturated heterocycles. The quantitative estimate of drug-likeness (QED) is 0.391. The van der Waals surface area contributed by atoms with Gasteiger partial charge >= 0.3 is 12.1 Å². The lowest BCUT2D eigenvalue weighted by molar-refractivity contribution is -0.137. The summed E-state index contributed by atoms with van der Waals surface area (Å²) in [4.78, 5) is 33.9. The number of carbonyl (C=O) groups is 3. The topological polar surface area (TPSA) is 105 Å². The molecule has 0 saturated carbocycles. The van der Waals surface area contributed by atoms with Gasteiger partial charge in [0.2, 0.25) is 5.91 Å². The van der Waals surface area contributed by atoms with E-state index in [2.05, 4.69) is 10.6 Å². The third-order valence-electron chi connectivity index (χ3n) is 3.99. The van der Waals surface area contributed by atoms with Gasteiger partial charge in [-0.1, -0.05) is 44.9 Å². The molecule has 7 nitrogen and oxygen atoms in total. The first-order valence-corrected chi connectivity index (χ1v) is 10.1. The molecule has 0 aliphatic rings. The Hall–Kier alpha value is -1.79. The van der Waals surface area contributed by atoms with Crippen molar-refractivity contribution < 1.29 is 24.2 Å².